The molecule has 5 rings (SSSR count). The molecule has 4 aromatic rings. The van der Waals surface area contributed by atoms with Crippen LogP contribution in [0.25, 0.3) is 16.7 Å². The Morgan fingerprint density at radius 3 is 2.53 bits per heavy atom. The molecule has 8 nitrogen and oxygen atoms in total. The van der Waals surface area contributed by atoms with Gasteiger partial charge in [-0.3, -0.25) is 23.5 Å². The fraction of sp³-hybridized carbons (Fsp3) is 0.304. The van der Waals surface area contributed by atoms with Crippen LogP contribution in [0.3, 0.4) is 0 Å². The van der Waals surface area contributed by atoms with Crippen LogP contribution >= 0.6 is 12.2 Å². The van der Waals surface area contributed by atoms with Crippen molar-refractivity contribution in [2.45, 2.75) is 25.6 Å². The smallest absolute Gasteiger partial charge is 0.262 e. The van der Waals surface area contributed by atoms with E-state index in [1.807, 2.05) is 59.0 Å². The molecule has 0 saturated carbocycles. The molecule has 3 heterocycles. The Morgan fingerprint density at radius 2 is 1.78 bits per heavy atom. The van der Waals surface area contributed by atoms with Crippen molar-refractivity contribution in [2.24, 2.45) is 7.05 Å². The summed E-state index contributed by atoms with van der Waals surface area (Å²) in [5, 5.41) is 8.41. The molecule has 0 radical (unpaired) electrons. The number of hydrogen-bond donors (Lipinski definition) is 1. The topological polar surface area (TPSA) is 76.6 Å². The fourth-order valence-corrected chi connectivity index (χ4v) is 4.58. The summed E-state index contributed by atoms with van der Waals surface area (Å²) in [5.41, 5.74) is 1.36. The Hall–Kier alpha value is -3.30. The molecule has 1 saturated heterocycles. The van der Waals surface area contributed by atoms with Gasteiger partial charge in [0, 0.05) is 31.7 Å². The second kappa shape index (κ2) is 8.33. The molecule has 0 unspecified atom stereocenters. The van der Waals surface area contributed by atoms with Gasteiger partial charge in [-0.15, -0.1) is 5.10 Å². The van der Waals surface area contributed by atoms with Crippen LogP contribution in [0.2, 0.25) is 0 Å². The van der Waals surface area contributed by atoms with E-state index in [4.69, 9.17) is 12.2 Å². The number of benzene rings is 2. The molecule has 1 aliphatic heterocycles. The normalized spacial score (nSPS) is 15.4. The Kier molecular flexibility index (Phi) is 5.36. The van der Waals surface area contributed by atoms with E-state index >= 15 is 0 Å². The van der Waals surface area contributed by atoms with Crippen LogP contribution in [-0.4, -0.2) is 48.7 Å². The van der Waals surface area contributed by atoms with E-state index in [0.29, 0.717) is 28.2 Å². The minimum absolute atomic E-state index is 0.0283. The first-order valence-corrected chi connectivity index (χ1v) is 11.1. The number of nitrogens with zero attached hydrogens (tertiary/aromatic N) is 5. The minimum Gasteiger partial charge on any atom is -0.349 e. The first-order valence-electron chi connectivity index (χ1n) is 10.7. The highest BCUT2D eigenvalue weighted by molar-refractivity contribution is 7.71. The molecule has 9 heteroatoms. The maximum Gasteiger partial charge on any atom is 0.262 e. The highest BCUT2D eigenvalue weighted by Gasteiger charge is 2.22. The van der Waals surface area contributed by atoms with Gasteiger partial charge in [-0.2, -0.15) is 0 Å². The second-order valence-electron chi connectivity index (χ2n) is 8.17. The Balaban J connectivity index is 1.32. The number of piperidine rings is 1. The van der Waals surface area contributed by atoms with E-state index in [0.717, 1.165) is 31.4 Å². The number of aromatic nitrogens is 4. The van der Waals surface area contributed by atoms with Crippen molar-refractivity contribution in [1.82, 2.24) is 29.0 Å². The predicted molar refractivity (Wildman–Crippen MR) is 125 cm³/mol. The molecule has 1 N–H and O–H groups in total. The zero-order valence-corrected chi connectivity index (χ0v) is 18.6. The molecule has 1 aliphatic rings. The zero-order chi connectivity index (χ0) is 22.2. The summed E-state index contributed by atoms with van der Waals surface area (Å²) in [6, 6.07) is 16.9. The summed E-state index contributed by atoms with van der Waals surface area (Å²) in [7, 11) is 1.72. The van der Waals surface area contributed by atoms with Gasteiger partial charge in [-0.1, -0.05) is 30.3 Å². The van der Waals surface area contributed by atoms with Gasteiger partial charge in [-0.25, -0.2) is 4.68 Å². The third-order valence-corrected chi connectivity index (χ3v) is 6.49. The van der Waals surface area contributed by atoms with Crippen LogP contribution < -0.4 is 10.9 Å². The van der Waals surface area contributed by atoms with E-state index in [1.165, 1.54) is 0 Å². The lowest BCUT2D eigenvalue weighted by molar-refractivity contribution is 0.0896. The Bertz CT molecular complexity index is 1410. The summed E-state index contributed by atoms with van der Waals surface area (Å²) in [5.74, 6) is 0.503. The van der Waals surface area contributed by atoms with Crippen LogP contribution in [0.4, 0.5) is 0 Å². The number of amides is 1. The quantitative estimate of drug-likeness (QED) is 0.486. The molecule has 0 bridgehead atoms. The standard InChI is InChI=1S/C23H24N6O2S/c1-26-21(31)18-9-5-6-10-19(18)29-22(26)25-28(23(29)32)15-27-13-11-17(12-14-27)24-20(30)16-7-3-2-4-8-16/h2-10,17H,11-15H2,1H3,(H,24,30). The van der Waals surface area contributed by atoms with E-state index in [2.05, 4.69) is 15.3 Å². The summed E-state index contributed by atoms with van der Waals surface area (Å²) in [6.07, 6.45) is 1.72. The van der Waals surface area contributed by atoms with Gasteiger partial charge in [0.1, 0.15) is 0 Å². The van der Waals surface area contributed by atoms with Crippen LogP contribution in [-0.2, 0) is 13.7 Å². The fourth-order valence-electron chi connectivity index (χ4n) is 4.30. The summed E-state index contributed by atoms with van der Waals surface area (Å²) >= 11 is 5.72. The monoisotopic (exact) mass is 448 g/mol. The third kappa shape index (κ3) is 3.63. The lowest BCUT2D eigenvalue weighted by Crippen LogP contribution is -2.45. The predicted octanol–water partition coefficient (Wildman–Crippen LogP) is 2.57. The maximum atomic E-state index is 12.7. The SMILES string of the molecule is Cn1c(=O)c2ccccc2n2c(=S)n(CN3CCC(NC(=O)c4ccccc4)CC3)nc12. The average Bonchev–Trinajstić information content (AvgIpc) is 3.15. The summed E-state index contributed by atoms with van der Waals surface area (Å²) < 4.78 is 5.74. The highest BCUT2D eigenvalue weighted by atomic mass is 32.1. The number of carbonyl (C=O) groups is 1. The molecule has 2 aromatic heterocycles. The molecule has 164 valence electrons. The van der Waals surface area contributed by atoms with Crippen molar-refractivity contribution in [3.05, 3.63) is 75.3 Å². The molecule has 32 heavy (non-hydrogen) atoms. The molecule has 0 spiro atoms. The minimum atomic E-state index is -0.0878. The highest BCUT2D eigenvalue weighted by Crippen LogP contribution is 2.16. The van der Waals surface area contributed by atoms with Crippen molar-refractivity contribution < 1.29 is 4.79 Å². The Morgan fingerprint density at radius 1 is 1.09 bits per heavy atom. The van der Waals surface area contributed by atoms with Crippen molar-refractivity contribution in [3.63, 3.8) is 0 Å². The number of likely N-dealkylation sites (tertiary alicyclic amines) is 1. The number of carbonyl (C=O) groups excluding carboxylic acids is 1. The third-order valence-electron chi connectivity index (χ3n) is 6.09. The molecular weight excluding hydrogens is 424 g/mol. The number of fused-ring (bicyclic) bond motifs is 3. The maximum absolute atomic E-state index is 12.7. The summed E-state index contributed by atoms with van der Waals surface area (Å²) in [4.78, 5) is 27.4. The van der Waals surface area contributed by atoms with Gasteiger partial charge in [-0.05, 0) is 49.3 Å². The summed E-state index contributed by atoms with van der Waals surface area (Å²) in [6.45, 7) is 2.20. The van der Waals surface area contributed by atoms with Gasteiger partial charge in [0.05, 0.1) is 17.6 Å². The van der Waals surface area contributed by atoms with Crippen molar-refractivity contribution >= 4 is 34.8 Å². The first kappa shape index (κ1) is 20.6. The van der Waals surface area contributed by atoms with E-state index in [9.17, 15) is 9.59 Å². The number of aryl methyl sites for hydroxylation is 1. The number of hydrogen-bond acceptors (Lipinski definition) is 5. The van der Waals surface area contributed by atoms with Crippen molar-refractivity contribution in [3.8, 4) is 0 Å². The van der Waals surface area contributed by atoms with Gasteiger partial charge in [0.15, 0.2) is 0 Å². The van der Waals surface area contributed by atoms with Crippen molar-refractivity contribution in [2.75, 3.05) is 13.1 Å². The molecule has 2 aromatic carbocycles. The second-order valence-corrected chi connectivity index (χ2v) is 8.54. The van der Waals surface area contributed by atoms with E-state index < -0.39 is 0 Å². The first-order chi connectivity index (χ1) is 15.5. The van der Waals surface area contributed by atoms with Gasteiger partial charge < -0.3 is 5.32 Å². The number of para-hydroxylation sites is 1. The van der Waals surface area contributed by atoms with Gasteiger partial charge in [0.2, 0.25) is 10.5 Å². The molecule has 0 atom stereocenters. The molecule has 1 fully saturated rings. The molecule has 1 amide bonds. The molecule has 0 aliphatic carbocycles. The molecular formula is C23H24N6O2S. The van der Waals surface area contributed by atoms with Crippen LogP contribution in [0.1, 0.15) is 23.2 Å². The van der Waals surface area contributed by atoms with Crippen LogP contribution in [0.15, 0.2) is 59.4 Å². The van der Waals surface area contributed by atoms with Crippen LogP contribution in [0, 0.1) is 4.77 Å². The Labute approximate surface area is 189 Å². The van der Waals surface area contributed by atoms with Gasteiger partial charge >= 0.3 is 0 Å². The number of rotatable bonds is 4. The van der Waals surface area contributed by atoms with E-state index in [1.54, 1.807) is 16.3 Å². The average molecular weight is 449 g/mol. The largest absolute Gasteiger partial charge is 0.349 e. The van der Waals surface area contributed by atoms with E-state index in [-0.39, 0.29) is 17.5 Å². The van der Waals surface area contributed by atoms with Crippen molar-refractivity contribution in [1.29, 1.82) is 0 Å². The zero-order valence-electron chi connectivity index (χ0n) is 17.8. The number of nitrogens with one attached hydrogen (secondary N) is 1. The lowest BCUT2D eigenvalue weighted by atomic mass is 10.0. The van der Waals surface area contributed by atoms with Gasteiger partial charge in [0.25, 0.3) is 11.5 Å². The van der Waals surface area contributed by atoms with Crippen LogP contribution in [0.5, 0.6) is 0 Å². The lowest BCUT2D eigenvalue weighted by Gasteiger charge is -2.32.